The average Bonchev–Trinajstić information content (AvgIpc) is 2.97. The molecule has 0 amide bonds. The summed E-state index contributed by atoms with van der Waals surface area (Å²) >= 11 is 12.1. The molecule has 29 heavy (non-hydrogen) atoms. The minimum Gasteiger partial charge on any atom is -0.481 e. The summed E-state index contributed by atoms with van der Waals surface area (Å²) in [6, 6.07) is 8.29. The molecule has 0 aliphatic rings. The van der Waals surface area contributed by atoms with Crippen molar-refractivity contribution in [1.29, 1.82) is 0 Å². The molecule has 3 rings (SSSR count). The van der Waals surface area contributed by atoms with E-state index in [2.05, 4.69) is 5.10 Å². The Kier molecular flexibility index (Phi) is 6.19. The van der Waals surface area contributed by atoms with Gasteiger partial charge in [0, 0.05) is 21.9 Å². The number of rotatable bonds is 6. The lowest BCUT2D eigenvalue weighted by atomic mass is 10.1. The minimum atomic E-state index is -4.49. The zero-order valence-electron chi connectivity index (χ0n) is 14.9. The fraction of sp³-hybridized carbons (Fsp3) is 0.200. The molecule has 0 bridgehead atoms. The molecule has 0 unspecified atom stereocenters. The number of nitrogens with zero attached hydrogens (tertiary/aromatic N) is 2. The molecule has 152 valence electrons. The Hall–Kier alpha value is -2.51. The van der Waals surface area contributed by atoms with E-state index in [-0.39, 0.29) is 19.4 Å². The van der Waals surface area contributed by atoms with E-state index >= 15 is 0 Å². The lowest BCUT2D eigenvalue weighted by Crippen LogP contribution is -2.06. The number of carboxylic acid groups (broad SMARTS) is 1. The molecule has 0 spiro atoms. The Morgan fingerprint density at radius 3 is 2.59 bits per heavy atom. The van der Waals surface area contributed by atoms with Crippen LogP contribution in [0.15, 0.2) is 42.5 Å². The summed E-state index contributed by atoms with van der Waals surface area (Å²) in [5.41, 5.74) is 0.613. The predicted octanol–water partition coefficient (Wildman–Crippen LogP) is 6.29. The van der Waals surface area contributed by atoms with Crippen molar-refractivity contribution in [2.75, 3.05) is 0 Å². The van der Waals surface area contributed by atoms with Crippen LogP contribution < -0.4 is 0 Å². The van der Waals surface area contributed by atoms with E-state index in [4.69, 9.17) is 28.3 Å². The third-order valence-corrected chi connectivity index (χ3v) is 4.83. The van der Waals surface area contributed by atoms with Gasteiger partial charge in [-0.15, -0.1) is 0 Å². The maximum atomic E-state index is 13.2. The van der Waals surface area contributed by atoms with Gasteiger partial charge in [-0.1, -0.05) is 35.3 Å². The highest BCUT2D eigenvalue weighted by molar-refractivity contribution is 6.35. The molecule has 0 aliphatic carbocycles. The number of alkyl halides is 3. The van der Waals surface area contributed by atoms with E-state index < -0.39 is 17.7 Å². The van der Waals surface area contributed by atoms with Gasteiger partial charge in [0.05, 0.1) is 23.3 Å². The first-order chi connectivity index (χ1) is 13.6. The van der Waals surface area contributed by atoms with E-state index in [0.717, 1.165) is 12.1 Å². The summed E-state index contributed by atoms with van der Waals surface area (Å²) in [7, 11) is 0. The molecule has 9 heteroatoms. The molecule has 1 N–H and O–H groups in total. The Morgan fingerprint density at radius 1 is 1.17 bits per heavy atom. The highest BCUT2D eigenvalue weighted by Crippen LogP contribution is 2.33. The van der Waals surface area contributed by atoms with Crippen molar-refractivity contribution >= 4 is 46.2 Å². The third-order valence-electron chi connectivity index (χ3n) is 4.24. The summed E-state index contributed by atoms with van der Waals surface area (Å²) in [5, 5.41) is 14.5. The van der Waals surface area contributed by atoms with E-state index in [0.29, 0.717) is 32.2 Å². The Morgan fingerprint density at radius 2 is 1.93 bits per heavy atom. The number of hydrogen-bond acceptors (Lipinski definition) is 2. The summed E-state index contributed by atoms with van der Waals surface area (Å²) in [6.45, 7) is 0.150. The summed E-state index contributed by atoms with van der Waals surface area (Å²) < 4.78 is 41.0. The van der Waals surface area contributed by atoms with E-state index in [1.54, 1.807) is 30.4 Å². The zero-order valence-corrected chi connectivity index (χ0v) is 16.4. The van der Waals surface area contributed by atoms with Gasteiger partial charge in [0.2, 0.25) is 0 Å². The molecule has 1 heterocycles. The van der Waals surface area contributed by atoms with Crippen LogP contribution in [-0.4, -0.2) is 20.9 Å². The van der Waals surface area contributed by atoms with Gasteiger partial charge < -0.3 is 5.11 Å². The Bertz CT molecular complexity index is 1090. The van der Waals surface area contributed by atoms with Gasteiger partial charge in [0.15, 0.2) is 0 Å². The maximum absolute atomic E-state index is 13.2. The molecule has 0 radical (unpaired) electrons. The highest BCUT2D eigenvalue weighted by Gasteiger charge is 2.31. The second kappa shape index (κ2) is 8.47. The van der Waals surface area contributed by atoms with Gasteiger partial charge in [-0.25, -0.2) is 0 Å². The molecule has 2 aromatic carbocycles. The van der Waals surface area contributed by atoms with Crippen LogP contribution >= 0.6 is 23.2 Å². The molecule has 0 saturated carbocycles. The van der Waals surface area contributed by atoms with Gasteiger partial charge in [-0.05, 0) is 48.4 Å². The molecule has 1 aromatic heterocycles. The molecule has 3 aromatic rings. The van der Waals surface area contributed by atoms with Crippen molar-refractivity contribution < 1.29 is 23.1 Å². The van der Waals surface area contributed by atoms with E-state index in [9.17, 15) is 18.0 Å². The number of carboxylic acids is 1. The molecule has 4 nitrogen and oxygen atoms in total. The van der Waals surface area contributed by atoms with Gasteiger partial charge in [0.1, 0.15) is 0 Å². The van der Waals surface area contributed by atoms with Crippen molar-refractivity contribution in [3.63, 3.8) is 0 Å². The quantitative estimate of drug-likeness (QED) is 0.487. The van der Waals surface area contributed by atoms with Crippen molar-refractivity contribution in [2.24, 2.45) is 0 Å². The van der Waals surface area contributed by atoms with Crippen LogP contribution in [0, 0.1) is 0 Å². The Balaban J connectivity index is 2.04. The van der Waals surface area contributed by atoms with Gasteiger partial charge >= 0.3 is 12.1 Å². The maximum Gasteiger partial charge on any atom is 0.416 e. The first-order valence-corrected chi connectivity index (χ1v) is 9.31. The number of allylic oxidation sites excluding steroid dienone is 1. The number of halogens is 5. The van der Waals surface area contributed by atoms with E-state index in [1.165, 1.54) is 10.7 Å². The SMILES string of the molecule is O=C(O)CC/C=C/c1nn(Cc2ccc(Cl)cc2Cl)c2cc(C(F)(F)F)ccc12. The fourth-order valence-corrected chi connectivity index (χ4v) is 3.30. The van der Waals surface area contributed by atoms with Gasteiger partial charge in [-0.3, -0.25) is 9.48 Å². The molecular formula is C20H15Cl2F3N2O2. The molecule has 0 saturated heterocycles. The number of hydrogen-bond donors (Lipinski definition) is 1. The monoisotopic (exact) mass is 442 g/mol. The van der Waals surface area contributed by atoms with Crippen molar-refractivity contribution in [1.82, 2.24) is 9.78 Å². The number of aromatic nitrogens is 2. The number of benzene rings is 2. The van der Waals surface area contributed by atoms with Crippen LogP contribution in [0.1, 0.15) is 29.7 Å². The van der Waals surface area contributed by atoms with E-state index in [1.807, 2.05) is 0 Å². The molecule has 0 fully saturated rings. The van der Waals surface area contributed by atoms with Crippen LogP contribution in [-0.2, 0) is 17.5 Å². The summed E-state index contributed by atoms with van der Waals surface area (Å²) in [4.78, 5) is 10.6. The standard InChI is InChI=1S/C20H15Cl2F3N2O2/c21-14-7-5-12(16(22)10-14)11-27-18-9-13(20(23,24)25)6-8-15(18)17(26-27)3-1-2-4-19(28)29/h1,3,5-10H,2,4,11H2,(H,28,29)/b3-1+. The molecular weight excluding hydrogens is 428 g/mol. The lowest BCUT2D eigenvalue weighted by molar-refractivity contribution is -0.138. The number of carbonyl (C=O) groups is 1. The van der Waals surface area contributed by atoms with Gasteiger partial charge in [0.25, 0.3) is 0 Å². The first kappa shape index (κ1) is 21.2. The second-order valence-electron chi connectivity index (χ2n) is 6.34. The van der Waals surface area contributed by atoms with Crippen LogP contribution in [0.2, 0.25) is 10.0 Å². The number of fused-ring (bicyclic) bond motifs is 1. The average molecular weight is 443 g/mol. The van der Waals surface area contributed by atoms with Crippen LogP contribution in [0.4, 0.5) is 13.2 Å². The smallest absolute Gasteiger partial charge is 0.416 e. The lowest BCUT2D eigenvalue weighted by Gasteiger charge is -2.09. The number of aliphatic carboxylic acids is 1. The van der Waals surface area contributed by atoms with Crippen molar-refractivity contribution in [3.05, 3.63) is 69.3 Å². The minimum absolute atomic E-state index is 0.0479. The Labute approximate surface area is 174 Å². The molecule has 0 aliphatic heterocycles. The largest absolute Gasteiger partial charge is 0.481 e. The summed E-state index contributed by atoms with van der Waals surface area (Å²) in [5.74, 6) is -0.933. The fourth-order valence-electron chi connectivity index (χ4n) is 2.83. The topological polar surface area (TPSA) is 55.1 Å². The van der Waals surface area contributed by atoms with Crippen molar-refractivity contribution in [2.45, 2.75) is 25.6 Å². The second-order valence-corrected chi connectivity index (χ2v) is 7.19. The highest BCUT2D eigenvalue weighted by atomic mass is 35.5. The first-order valence-electron chi connectivity index (χ1n) is 8.55. The van der Waals surface area contributed by atoms with Crippen LogP contribution in [0.25, 0.3) is 17.0 Å². The predicted molar refractivity (Wildman–Crippen MR) is 106 cm³/mol. The normalized spacial score (nSPS) is 12.2. The van der Waals surface area contributed by atoms with Crippen LogP contribution in [0.5, 0.6) is 0 Å². The van der Waals surface area contributed by atoms with Crippen molar-refractivity contribution in [3.8, 4) is 0 Å². The molecule has 0 atom stereocenters. The van der Waals surface area contributed by atoms with Gasteiger partial charge in [-0.2, -0.15) is 18.3 Å². The summed E-state index contributed by atoms with van der Waals surface area (Å²) in [6.07, 6.45) is -1.01. The zero-order chi connectivity index (χ0) is 21.2. The third kappa shape index (κ3) is 5.10. The van der Waals surface area contributed by atoms with Crippen LogP contribution in [0.3, 0.4) is 0 Å².